The van der Waals surface area contributed by atoms with Gasteiger partial charge in [-0.15, -0.1) is 0 Å². The number of ketones is 1. The summed E-state index contributed by atoms with van der Waals surface area (Å²) in [6, 6.07) is 8.35. The summed E-state index contributed by atoms with van der Waals surface area (Å²) in [5.74, 6) is -1.31. The number of carbonyl (C=O) groups is 4. The number of hydrogen-bond acceptors (Lipinski definition) is 6. The fraction of sp³-hybridized carbons (Fsp3) is 0.333. The second kappa shape index (κ2) is 8.40. The monoisotopic (exact) mass is 411 g/mol. The lowest BCUT2D eigenvalue weighted by Gasteiger charge is -2.25. The second-order valence-electron chi connectivity index (χ2n) is 7.18. The zero-order chi connectivity index (χ0) is 21.1. The maximum atomic E-state index is 12.3. The summed E-state index contributed by atoms with van der Waals surface area (Å²) in [7, 11) is 0. The molecule has 9 heteroatoms. The SMILES string of the molecule is O=C(C[C@H]1Oc2ccccc2NC1=O)OCC(=O)c1c[nH]c(C(=O)N2CCCC2)c1. The minimum absolute atomic E-state index is 0.149. The number of nitrogens with zero attached hydrogens (tertiary/aromatic N) is 1. The molecule has 9 nitrogen and oxygen atoms in total. The van der Waals surface area contributed by atoms with Gasteiger partial charge in [-0.25, -0.2) is 0 Å². The molecule has 1 aromatic heterocycles. The largest absolute Gasteiger partial charge is 0.478 e. The fourth-order valence-electron chi connectivity index (χ4n) is 3.44. The van der Waals surface area contributed by atoms with Crippen LogP contribution in [0.2, 0.25) is 0 Å². The molecule has 2 amide bonds. The molecule has 2 aromatic rings. The molecular weight excluding hydrogens is 390 g/mol. The van der Waals surface area contributed by atoms with E-state index in [1.54, 1.807) is 29.2 Å². The summed E-state index contributed by atoms with van der Waals surface area (Å²) in [4.78, 5) is 53.3. The average Bonchev–Trinajstić information content (AvgIpc) is 3.44. The van der Waals surface area contributed by atoms with E-state index < -0.39 is 30.4 Å². The molecule has 0 bridgehead atoms. The van der Waals surface area contributed by atoms with Gasteiger partial charge in [-0.3, -0.25) is 19.2 Å². The van der Waals surface area contributed by atoms with E-state index in [4.69, 9.17) is 9.47 Å². The summed E-state index contributed by atoms with van der Waals surface area (Å²) >= 11 is 0. The van der Waals surface area contributed by atoms with Crippen molar-refractivity contribution in [3.63, 3.8) is 0 Å². The van der Waals surface area contributed by atoms with Crippen LogP contribution in [-0.4, -0.2) is 59.3 Å². The maximum Gasteiger partial charge on any atom is 0.310 e. The highest BCUT2D eigenvalue weighted by Crippen LogP contribution is 2.29. The van der Waals surface area contributed by atoms with Crippen molar-refractivity contribution in [2.45, 2.75) is 25.4 Å². The molecule has 2 N–H and O–H groups in total. The molecule has 30 heavy (non-hydrogen) atoms. The number of ether oxygens (including phenoxy) is 2. The van der Waals surface area contributed by atoms with Gasteiger partial charge in [0.2, 0.25) is 5.78 Å². The van der Waals surface area contributed by atoms with Crippen LogP contribution in [0.3, 0.4) is 0 Å². The Morgan fingerprint density at radius 3 is 2.73 bits per heavy atom. The lowest BCUT2D eigenvalue weighted by atomic mass is 10.1. The lowest BCUT2D eigenvalue weighted by Crippen LogP contribution is -2.39. The van der Waals surface area contributed by atoms with Gasteiger partial charge in [0.1, 0.15) is 11.4 Å². The summed E-state index contributed by atoms with van der Waals surface area (Å²) in [5.41, 5.74) is 1.12. The predicted molar refractivity (Wildman–Crippen MR) is 105 cm³/mol. The number of benzene rings is 1. The highest BCUT2D eigenvalue weighted by atomic mass is 16.5. The number of H-pyrrole nitrogens is 1. The molecule has 0 unspecified atom stereocenters. The van der Waals surface area contributed by atoms with E-state index in [0.29, 0.717) is 30.2 Å². The molecule has 2 aliphatic heterocycles. The van der Waals surface area contributed by atoms with E-state index in [1.165, 1.54) is 12.3 Å². The van der Waals surface area contributed by atoms with Crippen LogP contribution in [0.25, 0.3) is 0 Å². The van der Waals surface area contributed by atoms with Crippen LogP contribution >= 0.6 is 0 Å². The number of aromatic nitrogens is 1. The third-order valence-corrected chi connectivity index (χ3v) is 5.05. The first-order valence-electron chi connectivity index (χ1n) is 9.74. The summed E-state index contributed by atoms with van der Waals surface area (Å²) < 4.78 is 10.5. The van der Waals surface area contributed by atoms with Crippen molar-refractivity contribution in [3.05, 3.63) is 47.8 Å². The third-order valence-electron chi connectivity index (χ3n) is 5.05. The van der Waals surface area contributed by atoms with Gasteiger partial charge in [0, 0.05) is 24.8 Å². The minimum atomic E-state index is -1.03. The van der Waals surface area contributed by atoms with E-state index >= 15 is 0 Å². The Morgan fingerprint density at radius 1 is 1.17 bits per heavy atom. The first kappa shape index (κ1) is 19.7. The number of anilines is 1. The highest BCUT2D eigenvalue weighted by molar-refractivity contribution is 6.02. The third kappa shape index (κ3) is 4.19. The van der Waals surface area contributed by atoms with Crippen molar-refractivity contribution in [3.8, 4) is 5.75 Å². The number of hydrogen-bond donors (Lipinski definition) is 2. The number of esters is 1. The van der Waals surface area contributed by atoms with Crippen molar-refractivity contribution in [1.82, 2.24) is 9.88 Å². The quantitative estimate of drug-likeness (QED) is 0.553. The van der Waals surface area contributed by atoms with Crippen LogP contribution < -0.4 is 10.1 Å². The van der Waals surface area contributed by atoms with Gasteiger partial charge in [0.05, 0.1) is 12.1 Å². The number of carbonyl (C=O) groups excluding carboxylic acids is 4. The fourth-order valence-corrected chi connectivity index (χ4v) is 3.44. The van der Waals surface area contributed by atoms with Crippen molar-refractivity contribution in [2.24, 2.45) is 0 Å². The molecule has 0 radical (unpaired) electrons. The van der Waals surface area contributed by atoms with Gasteiger partial charge in [-0.2, -0.15) is 0 Å². The first-order chi connectivity index (χ1) is 14.5. The number of fused-ring (bicyclic) bond motifs is 1. The number of aromatic amines is 1. The molecule has 1 aromatic carbocycles. The number of para-hydroxylation sites is 2. The number of nitrogens with one attached hydrogen (secondary N) is 2. The van der Waals surface area contributed by atoms with Crippen molar-refractivity contribution in [2.75, 3.05) is 25.0 Å². The van der Waals surface area contributed by atoms with Crippen LogP contribution in [0.5, 0.6) is 5.75 Å². The van der Waals surface area contributed by atoms with Gasteiger partial charge < -0.3 is 24.7 Å². The lowest BCUT2D eigenvalue weighted by molar-refractivity contribution is -0.146. The van der Waals surface area contributed by atoms with Crippen LogP contribution in [0, 0.1) is 0 Å². The standard InChI is InChI=1S/C21H21N3O6/c25-16(13-9-15(22-11-13)21(28)24-7-3-4-8-24)12-29-19(26)10-18-20(27)23-14-5-1-2-6-17(14)30-18/h1-2,5-6,9,11,18,22H,3-4,7-8,10,12H2,(H,23,27)/t18-/m1/s1. The van der Waals surface area contributed by atoms with Gasteiger partial charge >= 0.3 is 5.97 Å². The Morgan fingerprint density at radius 2 is 1.93 bits per heavy atom. The number of Topliss-reactive ketones (excluding diaryl/α,β-unsaturated/α-hetero) is 1. The average molecular weight is 411 g/mol. The molecule has 0 saturated carbocycles. The summed E-state index contributed by atoms with van der Waals surface area (Å²) in [5, 5.41) is 2.66. The molecule has 2 aliphatic rings. The van der Waals surface area contributed by atoms with E-state index in [9.17, 15) is 19.2 Å². The molecule has 1 atom stereocenters. The summed E-state index contributed by atoms with van der Waals surface area (Å²) in [6.45, 7) is 0.930. The van der Waals surface area contributed by atoms with Crippen LogP contribution in [0.4, 0.5) is 5.69 Å². The van der Waals surface area contributed by atoms with E-state index in [2.05, 4.69) is 10.3 Å². The number of rotatable bonds is 6. The van der Waals surface area contributed by atoms with Gasteiger partial charge in [0.15, 0.2) is 12.7 Å². The first-order valence-corrected chi connectivity index (χ1v) is 9.74. The Balaban J connectivity index is 1.28. The molecule has 1 saturated heterocycles. The second-order valence-corrected chi connectivity index (χ2v) is 7.18. The Labute approximate surface area is 172 Å². The molecule has 3 heterocycles. The van der Waals surface area contributed by atoms with Crippen molar-refractivity contribution < 1.29 is 28.7 Å². The minimum Gasteiger partial charge on any atom is -0.478 e. The Kier molecular flexibility index (Phi) is 5.51. The molecule has 0 spiro atoms. The highest BCUT2D eigenvalue weighted by Gasteiger charge is 2.30. The van der Waals surface area contributed by atoms with Gasteiger partial charge in [-0.1, -0.05) is 12.1 Å². The molecular formula is C21H21N3O6. The van der Waals surface area contributed by atoms with Crippen LogP contribution in [-0.2, 0) is 14.3 Å². The predicted octanol–water partition coefficient (Wildman–Crippen LogP) is 1.77. The molecule has 1 fully saturated rings. The zero-order valence-corrected chi connectivity index (χ0v) is 16.2. The zero-order valence-electron chi connectivity index (χ0n) is 16.2. The number of likely N-dealkylation sites (tertiary alicyclic amines) is 1. The normalized spacial score (nSPS) is 17.7. The van der Waals surface area contributed by atoms with Crippen LogP contribution in [0.1, 0.15) is 40.1 Å². The molecule has 4 rings (SSSR count). The van der Waals surface area contributed by atoms with Gasteiger partial charge in [-0.05, 0) is 31.0 Å². The van der Waals surface area contributed by atoms with E-state index in [-0.39, 0.29) is 17.9 Å². The smallest absolute Gasteiger partial charge is 0.310 e. The topological polar surface area (TPSA) is 118 Å². The maximum absolute atomic E-state index is 12.3. The van der Waals surface area contributed by atoms with E-state index in [0.717, 1.165) is 12.8 Å². The molecule has 156 valence electrons. The van der Waals surface area contributed by atoms with Crippen molar-refractivity contribution >= 4 is 29.3 Å². The van der Waals surface area contributed by atoms with Crippen LogP contribution in [0.15, 0.2) is 36.5 Å². The summed E-state index contributed by atoms with van der Waals surface area (Å²) in [6.07, 6.45) is 2.03. The van der Waals surface area contributed by atoms with Crippen molar-refractivity contribution in [1.29, 1.82) is 0 Å². The van der Waals surface area contributed by atoms with E-state index in [1.807, 2.05) is 0 Å². The Bertz CT molecular complexity index is 992. The number of amides is 2. The Hall–Kier alpha value is -3.62. The molecule has 0 aliphatic carbocycles. The van der Waals surface area contributed by atoms with Gasteiger partial charge in [0.25, 0.3) is 11.8 Å².